The number of hydrogen-bond acceptors (Lipinski definition) is 5. The molecule has 1 saturated heterocycles. The Kier molecular flexibility index (Phi) is 6.76. The first kappa shape index (κ1) is 21.3. The third-order valence-electron chi connectivity index (χ3n) is 5.23. The number of para-hydroxylation sites is 1. The van der Waals surface area contributed by atoms with Crippen LogP contribution in [0.4, 0.5) is 5.13 Å². The van der Waals surface area contributed by atoms with E-state index >= 15 is 0 Å². The van der Waals surface area contributed by atoms with E-state index in [-0.39, 0.29) is 12.0 Å². The highest BCUT2D eigenvalue weighted by atomic mass is 32.2. The van der Waals surface area contributed by atoms with Crippen LogP contribution in [0.1, 0.15) is 49.5 Å². The van der Waals surface area contributed by atoms with E-state index in [1.54, 1.807) is 23.1 Å². The summed E-state index contributed by atoms with van der Waals surface area (Å²) in [4.78, 5) is 21.4. The van der Waals surface area contributed by atoms with Gasteiger partial charge in [0.05, 0.1) is 22.9 Å². The topological polar surface area (TPSA) is 42.4 Å². The minimum Gasteiger partial charge on any atom is -0.376 e. The van der Waals surface area contributed by atoms with Crippen LogP contribution >= 0.6 is 23.1 Å². The molecular formula is C24H28N2O2S2. The quantitative estimate of drug-likeness (QED) is 0.411. The van der Waals surface area contributed by atoms with E-state index in [1.807, 2.05) is 29.2 Å². The molecule has 158 valence electrons. The summed E-state index contributed by atoms with van der Waals surface area (Å²) < 4.78 is 6.98. The molecule has 0 spiro atoms. The number of fused-ring (bicyclic) bond motifs is 1. The highest BCUT2D eigenvalue weighted by Crippen LogP contribution is 2.33. The van der Waals surface area contributed by atoms with Gasteiger partial charge in [0.1, 0.15) is 0 Å². The van der Waals surface area contributed by atoms with E-state index in [0.717, 1.165) is 41.2 Å². The van der Waals surface area contributed by atoms with Crippen LogP contribution in [0.2, 0.25) is 0 Å². The molecule has 30 heavy (non-hydrogen) atoms. The van der Waals surface area contributed by atoms with Crippen LogP contribution in [-0.2, 0) is 11.2 Å². The molecule has 0 saturated carbocycles. The standard InChI is InChI=1S/C24H28N2O2S2/c1-4-17-7-5-9-21-22(17)25-24(30-21)26(15-19-8-6-14-28-19)23(27)18-10-12-20(13-11-18)29-16(2)3/h5,7,9-13,16,19H,4,6,8,14-15H2,1-3H3. The molecule has 3 aromatic rings. The predicted octanol–water partition coefficient (Wildman–Crippen LogP) is 6.19. The maximum absolute atomic E-state index is 13.5. The van der Waals surface area contributed by atoms with Crippen molar-refractivity contribution in [3.05, 3.63) is 53.6 Å². The molecule has 1 atom stereocenters. The maximum atomic E-state index is 13.5. The van der Waals surface area contributed by atoms with E-state index in [1.165, 1.54) is 10.5 Å². The van der Waals surface area contributed by atoms with E-state index < -0.39 is 0 Å². The number of nitrogens with zero attached hydrogens (tertiary/aromatic N) is 2. The van der Waals surface area contributed by atoms with Gasteiger partial charge in [-0.3, -0.25) is 9.69 Å². The Bertz CT molecular complexity index is 1010. The Labute approximate surface area is 186 Å². The van der Waals surface area contributed by atoms with Crippen molar-refractivity contribution in [3.8, 4) is 0 Å². The summed E-state index contributed by atoms with van der Waals surface area (Å²) >= 11 is 3.39. The van der Waals surface area contributed by atoms with Crippen molar-refractivity contribution < 1.29 is 9.53 Å². The molecule has 1 aromatic heterocycles. The molecule has 0 bridgehead atoms. The summed E-state index contributed by atoms with van der Waals surface area (Å²) in [6.07, 6.45) is 3.03. The van der Waals surface area contributed by atoms with Crippen molar-refractivity contribution in [1.82, 2.24) is 4.98 Å². The van der Waals surface area contributed by atoms with E-state index in [2.05, 4.69) is 39.0 Å². The fourth-order valence-corrected chi connectivity index (χ4v) is 5.60. The number of carbonyl (C=O) groups excluding carboxylic acids is 1. The lowest BCUT2D eigenvalue weighted by atomic mass is 10.1. The number of hydrogen-bond donors (Lipinski definition) is 0. The second-order valence-corrected chi connectivity index (χ2v) is 10.5. The van der Waals surface area contributed by atoms with Crippen molar-refractivity contribution in [2.45, 2.75) is 56.3 Å². The van der Waals surface area contributed by atoms with Crippen LogP contribution in [0, 0.1) is 0 Å². The zero-order valence-electron chi connectivity index (χ0n) is 17.8. The number of thioether (sulfide) groups is 1. The average molecular weight is 441 g/mol. The molecule has 0 aliphatic carbocycles. The van der Waals surface area contributed by atoms with Gasteiger partial charge in [0.2, 0.25) is 0 Å². The smallest absolute Gasteiger partial charge is 0.260 e. The summed E-state index contributed by atoms with van der Waals surface area (Å²) in [6.45, 7) is 7.80. The summed E-state index contributed by atoms with van der Waals surface area (Å²) in [5.74, 6) is -0.0105. The first-order chi connectivity index (χ1) is 14.5. The molecule has 6 heteroatoms. The van der Waals surface area contributed by atoms with Gasteiger partial charge >= 0.3 is 0 Å². The Morgan fingerprint density at radius 2 is 2.07 bits per heavy atom. The van der Waals surface area contributed by atoms with E-state index in [9.17, 15) is 4.79 Å². The minimum atomic E-state index is -0.0105. The molecule has 1 unspecified atom stereocenters. The number of amides is 1. The number of thiazole rings is 1. The largest absolute Gasteiger partial charge is 0.376 e. The van der Waals surface area contributed by atoms with Gasteiger partial charge in [-0.25, -0.2) is 4.98 Å². The lowest BCUT2D eigenvalue weighted by molar-refractivity contribution is 0.0917. The van der Waals surface area contributed by atoms with Gasteiger partial charge in [-0.2, -0.15) is 0 Å². The molecule has 1 amide bonds. The van der Waals surface area contributed by atoms with Crippen molar-refractivity contribution >= 4 is 44.4 Å². The summed E-state index contributed by atoms with van der Waals surface area (Å²) in [5, 5.41) is 1.27. The van der Waals surface area contributed by atoms with Gasteiger partial charge in [0.15, 0.2) is 5.13 Å². The molecule has 1 aliphatic rings. The summed E-state index contributed by atoms with van der Waals surface area (Å²) in [5.41, 5.74) is 2.92. The fraction of sp³-hybridized carbons (Fsp3) is 0.417. The Morgan fingerprint density at radius 1 is 1.27 bits per heavy atom. The number of benzene rings is 2. The molecule has 1 aliphatic heterocycles. The maximum Gasteiger partial charge on any atom is 0.260 e. The van der Waals surface area contributed by atoms with Crippen molar-refractivity contribution in [2.24, 2.45) is 0 Å². The molecular weight excluding hydrogens is 412 g/mol. The molecule has 0 radical (unpaired) electrons. The van der Waals surface area contributed by atoms with Gasteiger partial charge in [-0.1, -0.05) is 44.2 Å². The zero-order chi connectivity index (χ0) is 21.1. The van der Waals surface area contributed by atoms with Gasteiger partial charge < -0.3 is 4.74 Å². The minimum absolute atomic E-state index is 0.0105. The highest BCUT2D eigenvalue weighted by Gasteiger charge is 2.27. The fourth-order valence-electron chi connectivity index (χ4n) is 3.74. The van der Waals surface area contributed by atoms with Crippen LogP contribution in [0.5, 0.6) is 0 Å². The van der Waals surface area contributed by atoms with Gasteiger partial charge in [-0.15, -0.1) is 11.8 Å². The number of aryl methyl sites for hydroxylation is 1. The zero-order valence-corrected chi connectivity index (χ0v) is 19.4. The van der Waals surface area contributed by atoms with Gasteiger partial charge in [0.25, 0.3) is 5.91 Å². The Hall–Kier alpha value is -1.89. The number of aromatic nitrogens is 1. The van der Waals surface area contributed by atoms with Crippen molar-refractivity contribution in [2.75, 3.05) is 18.1 Å². The van der Waals surface area contributed by atoms with E-state index in [4.69, 9.17) is 9.72 Å². The number of ether oxygens (including phenoxy) is 1. The summed E-state index contributed by atoms with van der Waals surface area (Å²) in [6, 6.07) is 14.2. The third-order valence-corrected chi connectivity index (χ3v) is 7.29. The first-order valence-electron chi connectivity index (χ1n) is 10.6. The molecule has 2 heterocycles. The first-order valence-corrected chi connectivity index (χ1v) is 12.3. The highest BCUT2D eigenvalue weighted by molar-refractivity contribution is 7.99. The predicted molar refractivity (Wildman–Crippen MR) is 127 cm³/mol. The molecule has 4 rings (SSSR count). The molecule has 0 N–H and O–H groups in total. The van der Waals surface area contributed by atoms with Crippen molar-refractivity contribution in [1.29, 1.82) is 0 Å². The number of anilines is 1. The average Bonchev–Trinajstić information content (AvgIpc) is 3.41. The van der Waals surface area contributed by atoms with Crippen LogP contribution in [-0.4, -0.2) is 35.4 Å². The molecule has 4 nitrogen and oxygen atoms in total. The number of carbonyl (C=O) groups is 1. The molecule has 1 fully saturated rings. The number of rotatable bonds is 7. The van der Waals surface area contributed by atoms with Crippen LogP contribution < -0.4 is 4.90 Å². The summed E-state index contributed by atoms with van der Waals surface area (Å²) in [7, 11) is 0. The normalized spacial score (nSPS) is 16.5. The van der Waals surface area contributed by atoms with Gasteiger partial charge in [0, 0.05) is 22.3 Å². The van der Waals surface area contributed by atoms with Crippen LogP contribution in [0.25, 0.3) is 10.2 Å². The Morgan fingerprint density at radius 3 is 2.73 bits per heavy atom. The third kappa shape index (κ3) is 4.71. The monoisotopic (exact) mass is 440 g/mol. The van der Waals surface area contributed by atoms with Crippen molar-refractivity contribution in [3.63, 3.8) is 0 Å². The second kappa shape index (κ2) is 9.50. The molecule has 2 aromatic carbocycles. The van der Waals surface area contributed by atoms with E-state index in [0.29, 0.717) is 17.4 Å². The lowest BCUT2D eigenvalue weighted by Gasteiger charge is -2.23. The van der Waals surface area contributed by atoms with Crippen LogP contribution in [0.15, 0.2) is 47.4 Å². The van der Waals surface area contributed by atoms with Gasteiger partial charge in [-0.05, 0) is 55.2 Å². The second-order valence-electron chi connectivity index (χ2n) is 7.86. The lowest BCUT2D eigenvalue weighted by Crippen LogP contribution is -2.37. The Balaban J connectivity index is 1.66. The SMILES string of the molecule is CCc1cccc2sc(N(CC3CCCO3)C(=O)c3ccc(SC(C)C)cc3)nc12. The van der Waals surface area contributed by atoms with Crippen LogP contribution in [0.3, 0.4) is 0 Å².